The van der Waals surface area contributed by atoms with E-state index < -0.39 is 0 Å². The maximum absolute atomic E-state index is 5.55. The molecule has 0 saturated carbocycles. The van der Waals surface area contributed by atoms with Crippen LogP contribution in [-0.4, -0.2) is 16.2 Å². The van der Waals surface area contributed by atoms with E-state index in [9.17, 15) is 0 Å². The van der Waals surface area contributed by atoms with Crippen LogP contribution in [0.4, 0.5) is 0 Å². The van der Waals surface area contributed by atoms with Gasteiger partial charge in [-0.25, -0.2) is 4.98 Å². The van der Waals surface area contributed by atoms with Crippen molar-refractivity contribution in [1.29, 1.82) is 0 Å². The van der Waals surface area contributed by atoms with Gasteiger partial charge in [-0.2, -0.15) is 11.8 Å². The summed E-state index contributed by atoms with van der Waals surface area (Å²) < 4.78 is 5.55. The van der Waals surface area contributed by atoms with Crippen LogP contribution >= 0.6 is 11.8 Å². The quantitative estimate of drug-likeness (QED) is 0.736. The third kappa shape index (κ3) is 1.54. The average Bonchev–Trinajstić information content (AvgIpc) is 2.59. The van der Waals surface area contributed by atoms with E-state index in [1.807, 2.05) is 12.3 Å². The highest BCUT2D eigenvalue weighted by molar-refractivity contribution is 7.98. The highest BCUT2D eigenvalue weighted by atomic mass is 32.2. The number of nitrogens with zero attached hydrogens (tertiary/aromatic N) is 2. The molecule has 68 valence electrons. The van der Waals surface area contributed by atoms with Crippen molar-refractivity contribution in [2.24, 2.45) is 0 Å². The number of pyridine rings is 1. The Hall–Kier alpha value is -1.03. The smallest absolute Gasteiger partial charge is 0.208 e. The number of hydrogen-bond acceptors (Lipinski definition) is 4. The molecule has 2 aromatic heterocycles. The van der Waals surface area contributed by atoms with E-state index in [0.717, 1.165) is 17.0 Å². The summed E-state index contributed by atoms with van der Waals surface area (Å²) in [6.45, 7) is 2.07. The van der Waals surface area contributed by atoms with Crippen LogP contribution in [0.5, 0.6) is 0 Å². The summed E-state index contributed by atoms with van der Waals surface area (Å²) in [4.78, 5) is 8.32. The second-order valence-electron chi connectivity index (χ2n) is 2.77. The zero-order valence-electron chi connectivity index (χ0n) is 7.52. The van der Waals surface area contributed by atoms with Crippen LogP contribution in [0.15, 0.2) is 22.9 Å². The van der Waals surface area contributed by atoms with Crippen LogP contribution in [0.1, 0.15) is 18.1 Å². The highest BCUT2D eigenvalue weighted by Gasteiger charge is 2.11. The Bertz CT molecular complexity index is 380. The summed E-state index contributed by atoms with van der Waals surface area (Å²) in [5, 5.41) is 0.299. The third-order valence-corrected chi connectivity index (χ3v) is 2.82. The molecular weight excluding hydrogens is 184 g/mol. The molecule has 0 aromatic carbocycles. The maximum Gasteiger partial charge on any atom is 0.208 e. The van der Waals surface area contributed by atoms with E-state index in [2.05, 4.69) is 16.9 Å². The average molecular weight is 194 g/mol. The van der Waals surface area contributed by atoms with Crippen molar-refractivity contribution in [3.05, 3.63) is 24.4 Å². The number of aromatic nitrogens is 2. The summed E-state index contributed by atoms with van der Waals surface area (Å²) in [6.07, 6.45) is 5.47. The minimum absolute atomic E-state index is 0.299. The summed E-state index contributed by atoms with van der Waals surface area (Å²) in [7, 11) is 0. The van der Waals surface area contributed by atoms with E-state index in [1.54, 1.807) is 24.2 Å². The van der Waals surface area contributed by atoms with Crippen LogP contribution in [0.2, 0.25) is 0 Å². The molecule has 3 nitrogen and oxygen atoms in total. The fourth-order valence-corrected chi connectivity index (χ4v) is 1.37. The van der Waals surface area contributed by atoms with Gasteiger partial charge in [-0.3, -0.25) is 4.98 Å². The highest BCUT2D eigenvalue weighted by Crippen LogP contribution is 2.27. The molecule has 0 aliphatic rings. The van der Waals surface area contributed by atoms with Crippen molar-refractivity contribution in [3.63, 3.8) is 0 Å². The lowest BCUT2D eigenvalue weighted by molar-refractivity contribution is 0.534. The Balaban J connectivity index is 2.49. The zero-order chi connectivity index (χ0) is 9.26. The SMILES string of the molecule is CSC(C)c1nc2cnccc2o1. The number of fused-ring (bicyclic) bond motifs is 1. The predicted molar refractivity (Wildman–Crippen MR) is 53.7 cm³/mol. The van der Waals surface area contributed by atoms with E-state index in [4.69, 9.17) is 4.42 Å². The number of oxazole rings is 1. The Labute approximate surface area is 80.6 Å². The summed E-state index contributed by atoms with van der Waals surface area (Å²) in [5.74, 6) is 0.774. The van der Waals surface area contributed by atoms with Gasteiger partial charge in [0, 0.05) is 12.3 Å². The molecule has 0 saturated heterocycles. The van der Waals surface area contributed by atoms with Crippen LogP contribution < -0.4 is 0 Å². The Morgan fingerprint density at radius 2 is 2.38 bits per heavy atom. The molecule has 1 unspecified atom stereocenters. The molecule has 2 aromatic rings. The van der Waals surface area contributed by atoms with Gasteiger partial charge in [-0.1, -0.05) is 0 Å². The van der Waals surface area contributed by atoms with Crippen molar-refractivity contribution in [2.75, 3.05) is 6.26 Å². The minimum Gasteiger partial charge on any atom is -0.439 e. The normalized spacial score (nSPS) is 13.4. The molecule has 0 aliphatic heterocycles. The number of thioether (sulfide) groups is 1. The van der Waals surface area contributed by atoms with Gasteiger partial charge >= 0.3 is 0 Å². The van der Waals surface area contributed by atoms with Gasteiger partial charge in [0.2, 0.25) is 5.89 Å². The second-order valence-corrected chi connectivity index (χ2v) is 3.95. The largest absolute Gasteiger partial charge is 0.439 e. The first-order valence-electron chi connectivity index (χ1n) is 4.04. The lowest BCUT2D eigenvalue weighted by Gasteiger charge is -1.99. The van der Waals surface area contributed by atoms with Crippen molar-refractivity contribution in [2.45, 2.75) is 12.2 Å². The molecule has 2 rings (SSSR count). The van der Waals surface area contributed by atoms with Crippen molar-refractivity contribution >= 4 is 22.9 Å². The van der Waals surface area contributed by atoms with E-state index >= 15 is 0 Å². The van der Waals surface area contributed by atoms with Gasteiger partial charge in [-0.15, -0.1) is 0 Å². The first-order valence-corrected chi connectivity index (χ1v) is 5.33. The second kappa shape index (κ2) is 3.38. The van der Waals surface area contributed by atoms with E-state index in [-0.39, 0.29) is 0 Å². The summed E-state index contributed by atoms with van der Waals surface area (Å²) in [6, 6.07) is 1.83. The third-order valence-electron chi connectivity index (χ3n) is 1.91. The summed E-state index contributed by atoms with van der Waals surface area (Å²) in [5.41, 5.74) is 1.64. The van der Waals surface area contributed by atoms with Gasteiger partial charge < -0.3 is 4.42 Å². The molecule has 0 bridgehead atoms. The van der Waals surface area contributed by atoms with Gasteiger partial charge in [-0.05, 0) is 13.2 Å². The fraction of sp³-hybridized carbons (Fsp3) is 0.333. The molecule has 1 atom stereocenters. The first kappa shape index (κ1) is 8.56. The monoisotopic (exact) mass is 194 g/mol. The zero-order valence-corrected chi connectivity index (χ0v) is 8.34. The van der Waals surface area contributed by atoms with Gasteiger partial charge in [0.1, 0.15) is 5.52 Å². The number of hydrogen-bond donors (Lipinski definition) is 0. The topological polar surface area (TPSA) is 38.9 Å². The molecular formula is C9H10N2OS. The molecule has 0 radical (unpaired) electrons. The van der Waals surface area contributed by atoms with Crippen molar-refractivity contribution in [3.8, 4) is 0 Å². The lowest BCUT2D eigenvalue weighted by atomic mass is 10.4. The van der Waals surface area contributed by atoms with Gasteiger partial charge in [0.25, 0.3) is 0 Å². The lowest BCUT2D eigenvalue weighted by Crippen LogP contribution is -1.85. The number of rotatable bonds is 2. The van der Waals surface area contributed by atoms with Gasteiger partial charge in [0.15, 0.2) is 5.58 Å². The molecule has 2 heterocycles. The van der Waals surface area contributed by atoms with E-state index in [1.165, 1.54) is 0 Å². The molecule has 0 fully saturated rings. The minimum atomic E-state index is 0.299. The molecule has 0 amide bonds. The van der Waals surface area contributed by atoms with Crippen LogP contribution in [-0.2, 0) is 0 Å². The van der Waals surface area contributed by atoms with Crippen LogP contribution in [0.25, 0.3) is 11.1 Å². The Morgan fingerprint density at radius 1 is 1.54 bits per heavy atom. The Morgan fingerprint density at radius 3 is 3.08 bits per heavy atom. The molecule has 4 heteroatoms. The summed E-state index contributed by atoms with van der Waals surface area (Å²) >= 11 is 1.72. The molecule has 0 N–H and O–H groups in total. The Kier molecular flexibility index (Phi) is 2.22. The van der Waals surface area contributed by atoms with Crippen molar-refractivity contribution in [1.82, 2.24) is 9.97 Å². The van der Waals surface area contributed by atoms with Crippen LogP contribution in [0, 0.1) is 0 Å². The van der Waals surface area contributed by atoms with Gasteiger partial charge in [0.05, 0.1) is 11.4 Å². The predicted octanol–water partition coefficient (Wildman–Crippen LogP) is 2.65. The molecule has 0 aliphatic carbocycles. The van der Waals surface area contributed by atoms with Crippen LogP contribution in [0.3, 0.4) is 0 Å². The fourth-order valence-electron chi connectivity index (χ4n) is 1.07. The van der Waals surface area contributed by atoms with Crippen molar-refractivity contribution < 1.29 is 4.42 Å². The standard InChI is InChI=1S/C9H10N2OS/c1-6(13-2)9-11-7-5-10-4-3-8(7)12-9/h3-6H,1-2H3. The van der Waals surface area contributed by atoms with E-state index in [0.29, 0.717) is 5.25 Å². The first-order chi connectivity index (χ1) is 6.31. The molecule has 13 heavy (non-hydrogen) atoms. The maximum atomic E-state index is 5.55. The molecule has 0 spiro atoms.